The van der Waals surface area contributed by atoms with E-state index in [1.54, 1.807) is 46.5 Å². The van der Waals surface area contributed by atoms with E-state index in [1.807, 2.05) is 30.3 Å². The summed E-state index contributed by atoms with van der Waals surface area (Å²) in [6.45, 7) is 6.71. The van der Waals surface area contributed by atoms with Gasteiger partial charge in [0.15, 0.2) is 0 Å². The molecule has 0 bridgehead atoms. The summed E-state index contributed by atoms with van der Waals surface area (Å²) >= 11 is 0. The van der Waals surface area contributed by atoms with Crippen LogP contribution in [0.3, 0.4) is 0 Å². The zero-order chi connectivity index (χ0) is 27.4. The van der Waals surface area contributed by atoms with Crippen molar-refractivity contribution in [1.29, 1.82) is 0 Å². The molecule has 8 heteroatoms. The summed E-state index contributed by atoms with van der Waals surface area (Å²) in [6, 6.07) is 19.3. The summed E-state index contributed by atoms with van der Waals surface area (Å²) in [5.41, 5.74) is 2.75. The van der Waals surface area contributed by atoms with Crippen LogP contribution < -0.4 is 4.90 Å². The maximum Gasteiger partial charge on any atom is 0.272 e. The lowest BCUT2D eigenvalue weighted by Crippen LogP contribution is -2.41. The molecule has 0 radical (unpaired) electrons. The van der Waals surface area contributed by atoms with Gasteiger partial charge < -0.3 is 9.80 Å². The second kappa shape index (κ2) is 11.7. The van der Waals surface area contributed by atoms with Crippen molar-refractivity contribution in [3.05, 3.63) is 102 Å². The summed E-state index contributed by atoms with van der Waals surface area (Å²) in [7, 11) is 0. The first-order valence-electron chi connectivity index (χ1n) is 13.3. The van der Waals surface area contributed by atoms with E-state index in [0.717, 1.165) is 23.9 Å². The quantitative estimate of drug-likeness (QED) is 0.369. The molecule has 0 N–H and O–H groups in total. The fraction of sp³-hybridized carbons (Fsp3) is 0.290. The molecule has 0 saturated heterocycles. The van der Waals surface area contributed by atoms with Crippen LogP contribution in [0, 0.1) is 5.82 Å². The molecule has 0 aliphatic carbocycles. The molecule has 1 aliphatic heterocycles. The van der Waals surface area contributed by atoms with Crippen LogP contribution in [0.5, 0.6) is 0 Å². The van der Waals surface area contributed by atoms with E-state index >= 15 is 0 Å². The molecule has 4 aromatic rings. The Morgan fingerprint density at radius 2 is 1.67 bits per heavy atom. The predicted molar refractivity (Wildman–Crippen MR) is 150 cm³/mol. The number of anilines is 1. The van der Waals surface area contributed by atoms with Gasteiger partial charge in [0.2, 0.25) is 0 Å². The van der Waals surface area contributed by atoms with E-state index in [0.29, 0.717) is 42.1 Å². The molecule has 5 rings (SSSR count). The third-order valence-electron chi connectivity index (χ3n) is 7.19. The molecule has 7 nitrogen and oxygen atoms in total. The topological polar surface area (TPSA) is 69.6 Å². The van der Waals surface area contributed by atoms with Gasteiger partial charge in [0.05, 0.1) is 5.52 Å². The molecule has 1 aliphatic rings. The molecule has 200 valence electrons. The fourth-order valence-electron chi connectivity index (χ4n) is 5.04. The van der Waals surface area contributed by atoms with E-state index in [1.165, 1.54) is 12.1 Å². The molecule has 2 amide bonds. The number of halogens is 1. The van der Waals surface area contributed by atoms with Gasteiger partial charge in [-0.3, -0.25) is 19.5 Å². The predicted octanol–water partition coefficient (Wildman–Crippen LogP) is 5.17. The molecule has 2 aromatic carbocycles. The molecule has 3 heterocycles. The van der Waals surface area contributed by atoms with Gasteiger partial charge in [0.1, 0.15) is 11.5 Å². The first-order chi connectivity index (χ1) is 18.9. The van der Waals surface area contributed by atoms with Crippen LogP contribution in [0.4, 0.5) is 10.1 Å². The van der Waals surface area contributed by atoms with E-state index in [2.05, 4.69) is 28.7 Å². The third-order valence-corrected chi connectivity index (χ3v) is 7.19. The maximum absolute atomic E-state index is 14.6. The van der Waals surface area contributed by atoms with Gasteiger partial charge in [-0.05, 0) is 68.3 Å². The van der Waals surface area contributed by atoms with Gasteiger partial charge in [-0.1, -0.05) is 24.3 Å². The molecule has 39 heavy (non-hydrogen) atoms. The number of pyridine rings is 2. The van der Waals surface area contributed by atoms with Crippen molar-refractivity contribution >= 4 is 28.4 Å². The number of hydrogen-bond acceptors (Lipinski definition) is 5. The molecule has 0 saturated carbocycles. The van der Waals surface area contributed by atoms with E-state index in [4.69, 9.17) is 0 Å². The maximum atomic E-state index is 14.6. The Kier molecular flexibility index (Phi) is 7.93. The van der Waals surface area contributed by atoms with Crippen molar-refractivity contribution < 1.29 is 14.0 Å². The Morgan fingerprint density at radius 1 is 0.872 bits per heavy atom. The smallest absolute Gasteiger partial charge is 0.272 e. The summed E-state index contributed by atoms with van der Waals surface area (Å²) in [6.07, 6.45) is 3.90. The molecular formula is C31H32FN5O2. The average molecular weight is 526 g/mol. The number of para-hydroxylation sites is 1. The summed E-state index contributed by atoms with van der Waals surface area (Å²) in [5, 5.41) is 0.954. The highest BCUT2D eigenvalue weighted by Crippen LogP contribution is 2.27. The first-order valence-corrected chi connectivity index (χ1v) is 13.3. The lowest BCUT2D eigenvalue weighted by atomic mass is 10.1. The highest BCUT2D eigenvalue weighted by Gasteiger charge is 2.26. The van der Waals surface area contributed by atoms with Crippen molar-refractivity contribution in [1.82, 2.24) is 19.8 Å². The van der Waals surface area contributed by atoms with Crippen LogP contribution in [-0.4, -0.2) is 63.8 Å². The Balaban J connectivity index is 1.55. The number of carbonyl (C=O) groups excluding carboxylic acids is 2. The second-order valence-corrected chi connectivity index (χ2v) is 10.1. The van der Waals surface area contributed by atoms with Crippen LogP contribution in [0.2, 0.25) is 0 Å². The fourth-order valence-corrected chi connectivity index (χ4v) is 5.04. The number of nitrogens with zero attached hydrogens (tertiary/aromatic N) is 5. The first kappa shape index (κ1) is 26.4. The second-order valence-electron chi connectivity index (χ2n) is 10.1. The third kappa shape index (κ3) is 5.96. The van der Waals surface area contributed by atoms with Gasteiger partial charge in [-0.15, -0.1) is 0 Å². The summed E-state index contributed by atoms with van der Waals surface area (Å²) in [4.78, 5) is 41.9. The number of amides is 2. The lowest BCUT2D eigenvalue weighted by molar-refractivity contribution is 0.0706. The zero-order valence-electron chi connectivity index (χ0n) is 22.3. The number of carbonyl (C=O) groups is 2. The van der Waals surface area contributed by atoms with Crippen LogP contribution in [-0.2, 0) is 6.54 Å². The molecule has 0 fully saturated rings. The van der Waals surface area contributed by atoms with E-state index in [-0.39, 0.29) is 24.4 Å². The van der Waals surface area contributed by atoms with Gasteiger partial charge in [-0.25, -0.2) is 9.37 Å². The largest absolute Gasteiger partial charge is 0.332 e. The van der Waals surface area contributed by atoms with Crippen LogP contribution in [0.25, 0.3) is 10.9 Å². The number of rotatable bonds is 3. The number of aromatic nitrogens is 2. The molecule has 0 spiro atoms. The lowest BCUT2D eigenvalue weighted by Gasteiger charge is -2.30. The number of fused-ring (bicyclic) bond motifs is 2. The summed E-state index contributed by atoms with van der Waals surface area (Å²) in [5.74, 6) is -0.833. The number of hydrogen-bond donors (Lipinski definition) is 0. The minimum Gasteiger partial charge on any atom is -0.332 e. The van der Waals surface area contributed by atoms with Crippen molar-refractivity contribution in [2.45, 2.75) is 32.9 Å². The Hall–Kier alpha value is -4.17. The Bertz CT molecular complexity index is 1480. The normalized spacial score (nSPS) is 15.2. The van der Waals surface area contributed by atoms with Crippen LogP contribution in [0.15, 0.2) is 79.1 Å². The van der Waals surface area contributed by atoms with Gasteiger partial charge in [0, 0.05) is 67.8 Å². The minimum absolute atomic E-state index is 0.145. The van der Waals surface area contributed by atoms with E-state index in [9.17, 15) is 14.0 Å². The Labute approximate surface area is 227 Å². The van der Waals surface area contributed by atoms with Crippen LogP contribution >= 0.6 is 0 Å². The van der Waals surface area contributed by atoms with Crippen molar-refractivity contribution in [2.75, 3.05) is 31.1 Å². The van der Waals surface area contributed by atoms with Gasteiger partial charge in [-0.2, -0.15) is 0 Å². The minimum atomic E-state index is -0.417. The Morgan fingerprint density at radius 3 is 2.46 bits per heavy atom. The standard InChI is InChI=1S/C31H32FN5O2/c1-22(2)35-16-5-17-37(30(38)24-12-14-33-15-13-24)29-11-9-26(32)20-25(29)21-36(19-18-35)31(39)28-10-8-23-6-3-4-7-27(23)34-28/h3-4,6-15,20,22H,5,16-19,21H2,1-2H3. The highest BCUT2D eigenvalue weighted by molar-refractivity contribution is 6.06. The molecular weight excluding hydrogens is 493 g/mol. The monoisotopic (exact) mass is 525 g/mol. The molecule has 0 atom stereocenters. The van der Waals surface area contributed by atoms with Crippen molar-refractivity contribution in [3.63, 3.8) is 0 Å². The summed E-state index contributed by atoms with van der Waals surface area (Å²) < 4.78 is 14.6. The van der Waals surface area contributed by atoms with Crippen LogP contribution in [0.1, 0.15) is 46.7 Å². The molecule has 2 aromatic heterocycles. The van der Waals surface area contributed by atoms with Crippen molar-refractivity contribution in [2.24, 2.45) is 0 Å². The van der Waals surface area contributed by atoms with Gasteiger partial charge in [0.25, 0.3) is 11.8 Å². The van der Waals surface area contributed by atoms with E-state index < -0.39 is 5.82 Å². The zero-order valence-corrected chi connectivity index (χ0v) is 22.3. The van der Waals surface area contributed by atoms with Crippen molar-refractivity contribution in [3.8, 4) is 0 Å². The van der Waals surface area contributed by atoms with Gasteiger partial charge >= 0.3 is 0 Å². The highest BCUT2D eigenvalue weighted by atomic mass is 19.1. The number of benzene rings is 2. The average Bonchev–Trinajstić information content (AvgIpc) is 2.99. The SMILES string of the molecule is CC(C)N1CCCN(C(=O)c2ccncc2)c2ccc(F)cc2CN(C(=O)c2ccc3ccccc3n2)CC1. The molecule has 0 unspecified atom stereocenters.